The Morgan fingerprint density at radius 2 is 2.09 bits per heavy atom. The molecule has 0 aliphatic heterocycles. The van der Waals surface area contributed by atoms with Crippen molar-refractivity contribution < 1.29 is 0 Å². The van der Waals surface area contributed by atoms with E-state index >= 15 is 0 Å². The second kappa shape index (κ2) is 4.24. The van der Waals surface area contributed by atoms with Gasteiger partial charge in [-0.05, 0) is 17.7 Å². The van der Waals surface area contributed by atoms with Crippen LogP contribution in [0.25, 0.3) is 0 Å². The minimum Gasteiger partial charge on any atom is -0.156 e. The SMILES string of the molecule is [CH2]SCc1ccc(Cl)cc1Cl. The number of hydrogen-bond acceptors (Lipinski definition) is 1. The van der Waals surface area contributed by atoms with Crippen LogP contribution in [0.3, 0.4) is 0 Å². The van der Waals surface area contributed by atoms with Gasteiger partial charge in [0.05, 0.1) is 0 Å². The molecular formula is C8H7Cl2S. The van der Waals surface area contributed by atoms with E-state index in [1.807, 2.05) is 12.1 Å². The Balaban J connectivity index is 2.90. The fourth-order valence-corrected chi connectivity index (χ4v) is 1.77. The highest BCUT2D eigenvalue weighted by Gasteiger charge is 1.98. The molecule has 1 aromatic carbocycles. The van der Waals surface area contributed by atoms with Crippen LogP contribution in [0.15, 0.2) is 18.2 Å². The van der Waals surface area contributed by atoms with Crippen molar-refractivity contribution in [3.8, 4) is 0 Å². The predicted octanol–water partition coefficient (Wildman–Crippen LogP) is 4.02. The lowest BCUT2D eigenvalue weighted by Crippen LogP contribution is -1.80. The maximum atomic E-state index is 5.88. The van der Waals surface area contributed by atoms with Crippen molar-refractivity contribution in [3.05, 3.63) is 40.1 Å². The van der Waals surface area contributed by atoms with Gasteiger partial charge in [0.15, 0.2) is 0 Å². The predicted molar refractivity (Wildman–Crippen MR) is 53.1 cm³/mol. The minimum absolute atomic E-state index is 0.674. The van der Waals surface area contributed by atoms with Gasteiger partial charge in [-0.3, -0.25) is 0 Å². The first-order valence-corrected chi connectivity index (χ1v) is 4.96. The molecule has 0 bridgehead atoms. The molecular weight excluding hydrogens is 199 g/mol. The van der Waals surface area contributed by atoms with E-state index in [1.54, 1.807) is 6.07 Å². The molecule has 0 saturated heterocycles. The lowest BCUT2D eigenvalue weighted by Gasteiger charge is -2.00. The number of hydrogen-bond donors (Lipinski definition) is 0. The highest BCUT2D eigenvalue weighted by molar-refractivity contribution is 7.99. The highest BCUT2D eigenvalue weighted by Crippen LogP contribution is 2.23. The summed E-state index contributed by atoms with van der Waals surface area (Å²) in [5, 5.41) is 1.39. The van der Waals surface area contributed by atoms with Gasteiger partial charge in [0.1, 0.15) is 0 Å². The summed E-state index contributed by atoms with van der Waals surface area (Å²) < 4.78 is 0. The largest absolute Gasteiger partial charge is 0.156 e. The van der Waals surface area contributed by atoms with Crippen molar-refractivity contribution in [2.24, 2.45) is 0 Å². The molecule has 0 saturated carbocycles. The minimum atomic E-state index is 0.674. The quantitative estimate of drug-likeness (QED) is 0.704. The van der Waals surface area contributed by atoms with E-state index < -0.39 is 0 Å². The summed E-state index contributed by atoms with van der Waals surface area (Å²) >= 11 is 13.1. The Bertz CT molecular complexity index is 248. The summed E-state index contributed by atoms with van der Waals surface area (Å²) in [7, 11) is 0. The van der Waals surface area contributed by atoms with Crippen LogP contribution in [0.5, 0.6) is 0 Å². The van der Waals surface area contributed by atoms with Gasteiger partial charge in [0, 0.05) is 22.1 Å². The van der Waals surface area contributed by atoms with Gasteiger partial charge in [-0.2, -0.15) is 11.8 Å². The molecule has 0 heterocycles. The normalized spacial score (nSPS) is 10.1. The molecule has 0 aliphatic carbocycles. The zero-order valence-corrected chi connectivity index (χ0v) is 8.14. The van der Waals surface area contributed by atoms with Crippen LogP contribution in [-0.4, -0.2) is 0 Å². The smallest absolute Gasteiger partial charge is 0.0461 e. The summed E-state index contributed by atoms with van der Waals surface area (Å²) in [5.74, 6) is 0.829. The molecule has 0 aliphatic rings. The van der Waals surface area contributed by atoms with Gasteiger partial charge in [0.2, 0.25) is 0 Å². The molecule has 3 heteroatoms. The zero-order chi connectivity index (χ0) is 8.27. The Morgan fingerprint density at radius 3 is 2.64 bits per heavy atom. The summed E-state index contributed by atoms with van der Waals surface area (Å²) in [6.45, 7) is 0. The van der Waals surface area contributed by atoms with Gasteiger partial charge in [-0.15, -0.1) is 0 Å². The summed E-state index contributed by atoms with van der Waals surface area (Å²) in [4.78, 5) is 0. The number of rotatable bonds is 2. The second-order valence-electron chi connectivity index (χ2n) is 2.08. The van der Waals surface area contributed by atoms with Gasteiger partial charge < -0.3 is 0 Å². The summed E-state index contributed by atoms with van der Waals surface area (Å²) in [5.41, 5.74) is 1.08. The van der Waals surface area contributed by atoms with Crippen LogP contribution in [0.2, 0.25) is 10.0 Å². The first-order chi connectivity index (χ1) is 5.24. The van der Waals surface area contributed by atoms with Crippen molar-refractivity contribution in [3.63, 3.8) is 0 Å². The zero-order valence-electron chi connectivity index (χ0n) is 5.81. The summed E-state index contributed by atoms with van der Waals surface area (Å²) in [6.07, 6.45) is 3.67. The maximum Gasteiger partial charge on any atom is 0.0461 e. The van der Waals surface area contributed by atoms with Crippen molar-refractivity contribution in [2.45, 2.75) is 5.75 Å². The molecule has 0 fully saturated rings. The monoisotopic (exact) mass is 205 g/mol. The van der Waals surface area contributed by atoms with Crippen LogP contribution >= 0.6 is 35.0 Å². The van der Waals surface area contributed by atoms with E-state index in [4.69, 9.17) is 23.2 Å². The molecule has 0 N–H and O–H groups in total. The van der Waals surface area contributed by atoms with Gasteiger partial charge in [0.25, 0.3) is 0 Å². The fraction of sp³-hybridized carbons (Fsp3) is 0.125. The average molecular weight is 206 g/mol. The molecule has 1 radical (unpaired) electrons. The van der Waals surface area contributed by atoms with E-state index in [0.717, 1.165) is 11.3 Å². The molecule has 0 nitrogen and oxygen atoms in total. The Morgan fingerprint density at radius 1 is 1.36 bits per heavy atom. The first-order valence-electron chi connectivity index (χ1n) is 3.05. The first kappa shape index (κ1) is 9.24. The molecule has 1 aromatic rings. The van der Waals surface area contributed by atoms with Crippen LogP contribution in [0, 0.1) is 6.26 Å². The van der Waals surface area contributed by atoms with Gasteiger partial charge >= 0.3 is 0 Å². The topological polar surface area (TPSA) is 0 Å². The Hall–Kier alpha value is 0.150. The molecule has 0 amide bonds. The van der Waals surface area contributed by atoms with Crippen LogP contribution in [0.4, 0.5) is 0 Å². The van der Waals surface area contributed by atoms with Crippen molar-refractivity contribution >= 4 is 35.0 Å². The lowest BCUT2D eigenvalue weighted by atomic mass is 10.2. The number of thioether (sulfide) groups is 1. The third-order valence-corrected chi connectivity index (χ3v) is 2.37. The van der Waals surface area contributed by atoms with E-state index in [-0.39, 0.29) is 0 Å². The van der Waals surface area contributed by atoms with Gasteiger partial charge in [-0.1, -0.05) is 29.3 Å². The molecule has 0 spiro atoms. The van der Waals surface area contributed by atoms with Gasteiger partial charge in [-0.25, -0.2) is 0 Å². The lowest BCUT2D eigenvalue weighted by molar-refractivity contribution is 1.42. The van der Waals surface area contributed by atoms with Crippen LogP contribution in [0.1, 0.15) is 5.56 Å². The van der Waals surface area contributed by atoms with Crippen molar-refractivity contribution in [1.82, 2.24) is 0 Å². The molecule has 1 rings (SSSR count). The van der Waals surface area contributed by atoms with E-state index in [2.05, 4.69) is 6.26 Å². The molecule has 59 valence electrons. The fourth-order valence-electron chi connectivity index (χ4n) is 0.749. The highest BCUT2D eigenvalue weighted by atomic mass is 35.5. The van der Waals surface area contributed by atoms with Crippen molar-refractivity contribution in [2.75, 3.05) is 0 Å². The standard InChI is InChI=1S/C8H7Cl2S/c1-11-5-6-2-3-7(9)4-8(6)10/h2-4H,1,5H2. The average Bonchev–Trinajstić information content (AvgIpc) is 1.95. The molecule has 11 heavy (non-hydrogen) atoms. The molecule has 0 aromatic heterocycles. The number of benzene rings is 1. The maximum absolute atomic E-state index is 5.88. The van der Waals surface area contributed by atoms with Crippen LogP contribution < -0.4 is 0 Å². The third kappa shape index (κ3) is 2.58. The van der Waals surface area contributed by atoms with E-state index in [9.17, 15) is 0 Å². The Labute approximate surface area is 80.9 Å². The van der Waals surface area contributed by atoms with Crippen LogP contribution in [-0.2, 0) is 5.75 Å². The van der Waals surface area contributed by atoms with E-state index in [1.165, 1.54) is 11.8 Å². The number of halogens is 2. The Kier molecular flexibility index (Phi) is 3.57. The van der Waals surface area contributed by atoms with Crippen molar-refractivity contribution in [1.29, 1.82) is 0 Å². The molecule has 0 atom stereocenters. The molecule has 0 unspecified atom stereocenters. The van der Waals surface area contributed by atoms with E-state index in [0.29, 0.717) is 10.0 Å². The summed E-state index contributed by atoms with van der Waals surface area (Å²) in [6, 6.07) is 5.50. The second-order valence-corrected chi connectivity index (χ2v) is 3.62. The third-order valence-electron chi connectivity index (χ3n) is 1.27.